The number of halogens is 3. The summed E-state index contributed by atoms with van der Waals surface area (Å²) < 4.78 is 30.4. The predicted octanol–water partition coefficient (Wildman–Crippen LogP) is 3.21. The van der Waals surface area contributed by atoms with Crippen LogP contribution in [0.4, 0.5) is 13.9 Å². The molecule has 0 saturated heterocycles. The standard InChI is InChI=1S/C15H10BrF2N5O3S/c1-6-2-7(8-3-11(16)20-5-10(8)26-13(17)18)9(4-19-6)12(24)21-14-22-23-15(25)27-14/h2-5,13H,1H3,(H,23,25)(H,21,22,24). The third-order valence-electron chi connectivity index (χ3n) is 3.28. The maximum atomic E-state index is 12.8. The number of pyridine rings is 2. The van der Waals surface area contributed by atoms with Crippen molar-refractivity contribution in [3.8, 4) is 16.9 Å². The second-order valence-corrected chi connectivity index (χ2v) is 6.90. The molecule has 0 aliphatic heterocycles. The second-order valence-electron chi connectivity index (χ2n) is 5.13. The van der Waals surface area contributed by atoms with Gasteiger partial charge in [-0.1, -0.05) is 0 Å². The van der Waals surface area contributed by atoms with Gasteiger partial charge in [0.05, 0.1) is 11.8 Å². The van der Waals surface area contributed by atoms with E-state index in [1.807, 2.05) is 0 Å². The topological polar surface area (TPSA) is 110 Å². The van der Waals surface area contributed by atoms with Crippen LogP contribution in [0, 0.1) is 6.92 Å². The molecule has 3 rings (SSSR count). The number of ether oxygens (including phenoxy) is 1. The number of hydrogen-bond donors (Lipinski definition) is 2. The molecule has 0 radical (unpaired) electrons. The Labute approximate surface area is 162 Å². The first kappa shape index (κ1) is 19.0. The largest absolute Gasteiger partial charge is 0.433 e. The minimum absolute atomic E-state index is 0.0662. The number of carbonyl (C=O) groups excluding carboxylic acids is 1. The minimum Gasteiger partial charge on any atom is -0.433 e. The number of carbonyl (C=O) groups is 1. The number of aromatic amines is 1. The van der Waals surface area contributed by atoms with Gasteiger partial charge in [0.25, 0.3) is 5.91 Å². The fraction of sp³-hybridized carbons (Fsp3) is 0.133. The van der Waals surface area contributed by atoms with Crippen LogP contribution in [0.2, 0.25) is 0 Å². The van der Waals surface area contributed by atoms with E-state index in [1.54, 1.807) is 13.0 Å². The Morgan fingerprint density at radius 1 is 1.30 bits per heavy atom. The number of rotatable bonds is 5. The molecular formula is C15H10BrF2N5O3S. The van der Waals surface area contributed by atoms with Gasteiger partial charge in [-0.2, -0.15) is 8.78 Å². The number of alkyl halides is 2. The zero-order valence-electron chi connectivity index (χ0n) is 13.5. The van der Waals surface area contributed by atoms with Crippen molar-refractivity contribution in [1.82, 2.24) is 20.2 Å². The molecule has 3 heterocycles. The average Bonchev–Trinajstić information content (AvgIpc) is 3.00. The lowest BCUT2D eigenvalue weighted by atomic mass is 10.0. The molecular weight excluding hydrogens is 448 g/mol. The molecule has 27 heavy (non-hydrogen) atoms. The highest BCUT2D eigenvalue weighted by Gasteiger charge is 2.20. The molecule has 3 aromatic rings. The molecule has 8 nitrogen and oxygen atoms in total. The molecule has 1 amide bonds. The van der Waals surface area contributed by atoms with Gasteiger partial charge in [0, 0.05) is 23.0 Å². The molecule has 0 spiro atoms. The van der Waals surface area contributed by atoms with Crippen LogP contribution >= 0.6 is 27.3 Å². The Morgan fingerprint density at radius 3 is 2.74 bits per heavy atom. The van der Waals surface area contributed by atoms with Crippen LogP contribution in [0.15, 0.2) is 33.9 Å². The molecule has 2 N–H and O–H groups in total. The van der Waals surface area contributed by atoms with E-state index in [0.29, 0.717) is 27.2 Å². The van der Waals surface area contributed by atoms with Crippen molar-refractivity contribution in [3.05, 3.63) is 50.1 Å². The van der Waals surface area contributed by atoms with Crippen LogP contribution in [-0.4, -0.2) is 32.7 Å². The van der Waals surface area contributed by atoms with E-state index < -0.39 is 17.4 Å². The Hall–Kier alpha value is -2.73. The lowest BCUT2D eigenvalue weighted by Crippen LogP contribution is -2.14. The van der Waals surface area contributed by atoms with Crippen molar-refractivity contribution in [3.63, 3.8) is 0 Å². The van der Waals surface area contributed by atoms with Gasteiger partial charge < -0.3 is 4.74 Å². The van der Waals surface area contributed by atoms with Gasteiger partial charge in [0.1, 0.15) is 4.60 Å². The maximum Gasteiger partial charge on any atom is 0.387 e. The van der Waals surface area contributed by atoms with Gasteiger partial charge in [-0.15, -0.1) is 5.10 Å². The summed E-state index contributed by atoms with van der Waals surface area (Å²) in [5, 5.41) is 8.37. The molecule has 0 saturated carbocycles. The number of nitrogens with one attached hydrogen (secondary N) is 2. The van der Waals surface area contributed by atoms with E-state index in [-0.39, 0.29) is 22.0 Å². The quantitative estimate of drug-likeness (QED) is 0.569. The maximum absolute atomic E-state index is 12.8. The number of H-pyrrole nitrogens is 1. The molecule has 0 aliphatic rings. The number of anilines is 1. The van der Waals surface area contributed by atoms with Crippen LogP contribution in [0.25, 0.3) is 11.1 Å². The molecule has 0 bridgehead atoms. The third kappa shape index (κ3) is 4.52. The van der Waals surface area contributed by atoms with Gasteiger partial charge >= 0.3 is 11.5 Å². The number of nitrogens with zero attached hydrogens (tertiary/aromatic N) is 3. The fourth-order valence-electron chi connectivity index (χ4n) is 2.23. The van der Waals surface area contributed by atoms with E-state index >= 15 is 0 Å². The predicted molar refractivity (Wildman–Crippen MR) is 97.2 cm³/mol. The summed E-state index contributed by atoms with van der Waals surface area (Å²) in [4.78, 5) is 31.3. The van der Waals surface area contributed by atoms with E-state index in [2.05, 4.69) is 46.1 Å². The summed E-state index contributed by atoms with van der Waals surface area (Å²) in [5.41, 5.74) is 1.17. The molecule has 0 fully saturated rings. The summed E-state index contributed by atoms with van der Waals surface area (Å²) in [6.07, 6.45) is 2.43. The van der Waals surface area contributed by atoms with Crippen LogP contribution in [0.3, 0.4) is 0 Å². The first-order chi connectivity index (χ1) is 12.8. The monoisotopic (exact) mass is 457 g/mol. The lowest BCUT2D eigenvalue weighted by molar-refractivity contribution is -0.0496. The van der Waals surface area contributed by atoms with Crippen LogP contribution in [0.5, 0.6) is 5.75 Å². The number of amides is 1. The molecule has 140 valence electrons. The van der Waals surface area contributed by atoms with Crippen molar-refractivity contribution >= 4 is 38.3 Å². The Kier molecular flexibility index (Phi) is 5.56. The van der Waals surface area contributed by atoms with Gasteiger partial charge in [-0.3, -0.25) is 19.9 Å². The van der Waals surface area contributed by atoms with Gasteiger partial charge in [0.2, 0.25) is 5.13 Å². The Balaban J connectivity index is 2.08. The smallest absolute Gasteiger partial charge is 0.387 e. The zero-order valence-corrected chi connectivity index (χ0v) is 15.9. The molecule has 0 atom stereocenters. The Morgan fingerprint density at radius 2 is 2.07 bits per heavy atom. The SMILES string of the molecule is Cc1cc(-c2cc(Br)ncc2OC(F)F)c(C(=O)Nc2n[nH]c(=O)s2)cn1. The van der Waals surface area contributed by atoms with Crippen LogP contribution < -0.4 is 14.9 Å². The third-order valence-corrected chi connectivity index (χ3v) is 4.38. The fourth-order valence-corrected chi connectivity index (χ4v) is 3.06. The zero-order chi connectivity index (χ0) is 19.6. The summed E-state index contributed by atoms with van der Waals surface area (Å²) >= 11 is 3.89. The van der Waals surface area contributed by atoms with E-state index in [0.717, 1.165) is 6.20 Å². The number of aryl methyl sites for hydroxylation is 1. The molecule has 12 heteroatoms. The van der Waals surface area contributed by atoms with Crippen molar-refractivity contribution in [1.29, 1.82) is 0 Å². The highest BCUT2D eigenvalue weighted by atomic mass is 79.9. The Bertz CT molecular complexity index is 1060. The normalized spacial score (nSPS) is 10.9. The first-order valence-electron chi connectivity index (χ1n) is 7.27. The van der Waals surface area contributed by atoms with E-state index in [4.69, 9.17) is 0 Å². The molecule has 0 unspecified atom stereocenters. The second kappa shape index (κ2) is 7.88. The summed E-state index contributed by atoms with van der Waals surface area (Å²) in [6, 6.07) is 3.01. The van der Waals surface area contributed by atoms with Gasteiger partial charge in [-0.25, -0.2) is 10.1 Å². The van der Waals surface area contributed by atoms with Crippen molar-refractivity contribution in [2.45, 2.75) is 13.5 Å². The molecule has 3 aromatic heterocycles. The summed E-state index contributed by atoms with van der Waals surface area (Å²) in [7, 11) is 0. The highest BCUT2D eigenvalue weighted by molar-refractivity contribution is 9.10. The number of hydrogen-bond acceptors (Lipinski definition) is 7. The minimum atomic E-state index is -3.06. The molecule has 0 aliphatic carbocycles. The number of aromatic nitrogens is 4. The highest BCUT2D eigenvalue weighted by Crippen LogP contribution is 2.35. The van der Waals surface area contributed by atoms with E-state index in [1.165, 1.54) is 12.3 Å². The van der Waals surface area contributed by atoms with Crippen LogP contribution in [0.1, 0.15) is 16.1 Å². The van der Waals surface area contributed by atoms with Crippen LogP contribution in [-0.2, 0) is 0 Å². The van der Waals surface area contributed by atoms with Crippen molar-refractivity contribution in [2.75, 3.05) is 5.32 Å². The van der Waals surface area contributed by atoms with E-state index in [9.17, 15) is 18.4 Å². The first-order valence-corrected chi connectivity index (χ1v) is 8.88. The van der Waals surface area contributed by atoms with Crippen molar-refractivity contribution < 1.29 is 18.3 Å². The van der Waals surface area contributed by atoms with Gasteiger partial charge in [0.15, 0.2) is 5.75 Å². The molecule has 0 aromatic carbocycles. The van der Waals surface area contributed by atoms with Gasteiger partial charge in [-0.05, 0) is 46.3 Å². The summed E-state index contributed by atoms with van der Waals surface area (Å²) in [5.74, 6) is -0.812. The van der Waals surface area contributed by atoms with Crippen molar-refractivity contribution in [2.24, 2.45) is 0 Å². The average molecular weight is 458 g/mol. The lowest BCUT2D eigenvalue weighted by Gasteiger charge is -2.14. The summed E-state index contributed by atoms with van der Waals surface area (Å²) in [6.45, 7) is -1.37.